The molecule has 5 heteroatoms. The van der Waals surface area contributed by atoms with Crippen molar-refractivity contribution in [3.63, 3.8) is 0 Å². The molecule has 2 bridgehead atoms. The van der Waals surface area contributed by atoms with E-state index in [9.17, 15) is 4.79 Å². The SMILES string of the molecule is CC(NC(=O)NC(C)C1CC2CCC1C2)c1ccc2c(c1)OCO2. The molecule has 5 nitrogen and oxygen atoms in total. The number of urea groups is 1. The summed E-state index contributed by atoms with van der Waals surface area (Å²) in [5, 5.41) is 6.19. The Labute approximate surface area is 143 Å². The number of ether oxygens (including phenoxy) is 2. The molecule has 2 saturated carbocycles. The van der Waals surface area contributed by atoms with Crippen LogP contribution in [0.1, 0.15) is 51.1 Å². The molecule has 0 radical (unpaired) electrons. The summed E-state index contributed by atoms with van der Waals surface area (Å²) in [5.74, 6) is 3.88. The number of carbonyl (C=O) groups excluding carboxylic acids is 1. The molecule has 5 unspecified atom stereocenters. The van der Waals surface area contributed by atoms with Gasteiger partial charge in [-0.3, -0.25) is 0 Å². The molecule has 1 heterocycles. The molecule has 0 aromatic heterocycles. The number of hydrogen-bond acceptors (Lipinski definition) is 3. The summed E-state index contributed by atoms with van der Waals surface area (Å²) in [6.45, 7) is 4.40. The molecule has 24 heavy (non-hydrogen) atoms. The van der Waals surface area contributed by atoms with Crippen LogP contribution in [0, 0.1) is 17.8 Å². The smallest absolute Gasteiger partial charge is 0.315 e. The number of nitrogens with one attached hydrogen (secondary N) is 2. The highest BCUT2D eigenvalue weighted by molar-refractivity contribution is 5.74. The fourth-order valence-electron chi connectivity index (χ4n) is 4.72. The zero-order valence-corrected chi connectivity index (χ0v) is 14.4. The van der Waals surface area contributed by atoms with Crippen molar-refractivity contribution in [1.82, 2.24) is 10.6 Å². The van der Waals surface area contributed by atoms with Gasteiger partial charge in [-0.25, -0.2) is 4.79 Å². The van der Waals surface area contributed by atoms with Crippen LogP contribution in [0.3, 0.4) is 0 Å². The van der Waals surface area contributed by atoms with Crippen LogP contribution < -0.4 is 20.1 Å². The molecule has 5 atom stereocenters. The molecule has 130 valence electrons. The van der Waals surface area contributed by atoms with Crippen molar-refractivity contribution in [1.29, 1.82) is 0 Å². The number of carbonyl (C=O) groups is 1. The van der Waals surface area contributed by atoms with Crippen molar-refractivity contribution in [3.8, 4) is 11.5 Å². The Balaban J connectivity index is 1.32. The average Bonchev–Trinajstić information content (AvgIpc) is 3.29. The van der Waals surface area contributed by atoms with E-state index in [1.54, 1.807) is 0 Å². The van der Waals surface area contributed by atoms with Gasteiger partial charge in [0, 0.05) is 6.04 Å². The van der Waals surface area contributed by atoms with Gasteiger partial charge in [-0.15, -0.1) is 0 Å². The molecule has 1 aliphatic heterocycles. The lowest BCUT2D eigenvalue weighted by Gasteiger charge is -2.29. The van der Waals surface area contributed by atoms with Crippen LogP contribution in [0.4, 0.5) is 4.79 Å². The van der Waals surface area contributed by atoms with Crippen molar-refractivity contribution < 1.29 is 14.3 Å². The van der Waals surface area contributed by atoms with Crippen LogP contribution in [0.25, 0.3) is 0 Å². The first-order valence-corrected chi connectivity index (χ1v) is 9.06. The van der Waals surface area contributed by atoms with Gasteiger partial charge in [0.1, 0.15) is 0 Å². The van der Waals surface area contributed by atoms with Gasteiger partial charge in [-0.05, 0) is 68.6 Å². The van der Waals surface area contributed by atoms with E-state index in [1.165, 1.54) is 25.7 Å². The minimum Gasteiger partial charge on any atom is -0.454 e. The number of rotatable bonds is 4. The van der Waals surface area contributed by atoms with E-state index in [2.05, 4.69) is 17.6 Å². The summed E-state index contributed by atoms with van der Waals surface area (Å²) >= 11 is 0. The maximum Gasteiger partial charge on any atom is 0.315 e. The van der Waals surface area contributed by atoms with Crippen molar-refractivity contribution in [3.05, 3.63) is 23.8 Å². The standard InChI is InChI=1S/C19H26N2O3/c1-11(14-5-6-17-18(9-14)24-10-23-17)20-19(22)21-12(2)16-8-13-3-4-15(16)7-13/h5-6,9,11-13,15-16H,3-4,7-8,10H2,1-2H3,(H2,20,21,22). The first kappa shape index (κ1) is 15.6. The minimum absolute atomic E-state index is 0.0771. The van der Waals surface area contributed by atoms with Gasteiger partial charge in [0.05, 0.1) is 6.04 Å². The number of amides is 2. The van der Waals surface area contributed by atoms with Crippen molar-refractivity contribution in [2.75, 3.05) is 6.79 Å². The Morgan fingerprint density at radius 2 is 1.96 bits per heavy atom. The van der Waals surface area contributed by atoms with Crippen molar-refractivity contribution >= 4 is 6.03 Å². The molecule has 4 rings (SSSR count). The van der Waals surface area contributed by atoms with E-state index >= 15 is 0 Å². The lowest BCUT2D eigenvalue weighted by Crippen LogP contribution is -2.45. The maximum atomic E-state index is 12.4. The zero-order valence-electron chi connectivity index (χ0n) is 14.4. The Kier molecular flexibility index (Phi) is 4.02. The molecule has 2 N–H and O–H groups in total. The second-order valence-electron chi connectivity index (χ2n) is 7.58. The highest BCUT2D eigenvalue weighted by Crippen LogP contribution is 2.49. The van der Waals surface area contributed by atoms with Gasteiger partial charge in [-0.2, -0.15) is 0 Å². The first-order valence-electron chi connectivity index (χ1n) is 9.06. The van der Waals surface area contributed by atoms with E-state index < -0.39 is 0 Å². The van der Waals surface area contributed by atoms with Crippen molar-refractivity contribution in [2.45, 2.75) is 51.6 Å². The predicted octanol–water partition coefficient (Wildman–Crippen LogP) is 3.60. The third-order valence-corrected chi connectivity index (χ3v) is 6.04. The summed E-state index contributed by atoms with van der Waals surface area (Å²) in [4.78, 5) is 12.4. The number of benzene rings is 1. The summed E-state index contributed by atoms with van der Waals surface area (Å²) in [7, 11) is 0. The molecule has 2 amide bonds. The van der Waals surface area contributed by atoms with E-state index in [-0.39, 0.29) is 24.9 Å². The second-order valence-corrected chi connectivity index (χ2v) is 7.58. The molecule has 1 aromatic rings. The molecular weight excluding hydrogens is 304 g/mol. The van der Waals surface area contributed by atoms with Crippen LogP contribution in [0.5, 0.6) is 11.5 Å². The van der Waals surface area contributed by atoms with E-state index in [4.69, 9.17) is 9.47 Å². The van der Waals surface area contributed by atoms with Crippen LogP contribution >= 0.6 is 0 Å². The molecule has 3 aliphatic rings. The van der Waals surface area contributed by atoms with Crippen LogP contribution in [0.15, 0.2) is 18.2 Å². The quantitative estimate of drug-likeness (QED) is 0.887. The molecule has 1 aromatic carbocycles. The van der Waals surface area contributed by atoms with Crippen LogP contribution in [-0.4, -0.2) is 18.9 Å². The number of fused-ring (bicyclic) bond motifs is 3. The molecule has 0 saturated heterocycles. The Hall–Kier alpha value is -1.91. The largest absolute Gasteiger partial charge is 0.454 e. The highest BCUT2D eigenvalue weighted by atomic mass is 16.7. The number of hydrogen-bond donors (Lipinski definition) is 2. The fourth-order valence-corrected chi connectivity index (χ4v) is 4.72. The minimum atomic E-state index is -0.0876. The molecule has 0 spiro atoms. The third-order valence-electron chi connectivity index (χ3n) is 6.04. The van der Waals surface area contributed by atoms with Gasteiger partial charge in [-0.1, -0.05) is 12.5 Å². The third kappa shape index (κ3) is 2.92. The Morgan fingerprint density at radius 1 is 1.12 bits per heavy atom. The zero-order chi connectivity index (χ0) is 16.7. The van der Waals surface area contributed by atoms with Gasteiger partial charge >= 0.3 is 6.03 Å². The van der Waals surface area contributed by atoms with Gasteiger partial charge in [0.2, 0.25) is 6.79 Å². The Bertz CT molecular complexity index is 633. The predicted molar refractivity (Wildman–Crippen MR) is 91.0 cm³/mol. The highest BCUT2D eigenvalue weighted by Gasteiger charge is 2.42. The summed E-state index contributed by atoms with van der Waals surface area (Å²) in [6.07, 6.45) is 5.38. The van der Waals surface area contributed by atoms with Crippen molar-refractivity contribution in [2.24, 2.45) is 17.8 Å². The van der Waals surface area contributed by atoms with Crippen LogP contribution in [-0.2, 0) is 0 Å². The van der Waals surface area contributed by atoms with E-state index in [0.717, 1.165) is 28.9 Å². The summed E-state index contributed by atoms with van der Waals surface area (Å²) in [5.41, 5.74) is 1.02. The molecule has 2 fully saturated rings. The monoisotopic (exact) mass is 330 g/mol. The normalized spacial score (nSPS) is 29.3. The van der Waals surface area contributed by atoms with Gasteiger partial charge in [0.15, 0.2) is 11.5 Å². The molecule has 2 aliphatic carbocycles. The summed E-state index contributed by atoms with van der Waals surface area (Å²) in [6, 6.07) is 5.88. The molecular formula is C19H26N2O3. The summed E-state index contributed by atoms with van der Waals surface area (Å²) < 4.78 is 10.7. The van der Waals surface area contributed by atoms with Gasteiger partial charge in [0.25, 0.3) is 0 Å². The first-order chi connectivity index (χ1) is 11.6. The maximum absolute atomic E-state index is 12.4. The van der Waals surface area contributed by atoms with E-state index in [0.29, 0.717) is 5.92 Å². The fraction of sp³-hybridized carbons (Fsp3) is 0.632. The Morgan fingerprint density at radius 3 is 2.71 bits per heavy atom. The average molecular weight is 330 g/mol. The van der Waals surface area contributed by atoms with E-state index in [1.807, 2.05) is 25.1 Å². The van der Waals surface area contributed by atoms with Crippen LogP contribution in [0.2, 0.25) is 0 Å². The second kappa shape index (κ2) is 6.19. The van der Waals surface area contributed by atoms with Gasteiger partial charge < -0.3 is 20.1 Å². The topological polar surface area (TPSA) is 59.6 Å². The lowest BCUT2D eigenvalue weighted by molar-refractivity contribution is 0.174. The lowest BCUT2D eigenvalue weighted by atomic mass is 9.84.